The molecule has 156 valence electrons. The molecular weight excluding hydrogens is 386 g/mol. The van der Waals surface area contributed by atoms with E-state index in [0.717, 1.165) is 27.6 Å². The molecule has 2 heterocycles. The number of carbonyl (C=O) groups is 1. The van der Waals surface area contributed by atoms with Crippen LogP contribution in [0.15, 0.2) is 72.4 Å². The van der Waals surface area contributed by atoms with Gasteiger partial charge in [0.2, 0.25) is 0 Å². The van der Waals surface area contributed by atoms with Crippen molar-refractivity contribution < 1.29 is 9.53 Å². The van der Waals surface area contributed by atoms with Gasteiger partial charge in [0, 0.05) is 24.2 Å². The van der Waals surface area contributed by atoms with Crippen molar-refractivity contribution in [2.45, 2.75) is 38.8 Å². The minimum Gasteiger partial charge on any atom is -0.479 e. The number of fused-ring (bicyclic) bond motifs is 1. The summed E-state index contributed by atoms with van der Waals surface area (Å²) in [5, 5.41) is 10.7. The van der Waals surface area contributed by atoms with Gasteiger partial charge in [0.05, 0.1) is 11.6 Å². The molecule has 1 aliphatic rings. The van der Waals surface area contributed by atoms with Gasteiger partial charge < -0.3 is 9.64 Å². The number of allylic oxidation sites excluding steroid dienone is 1. The number of rotatable bonds is 4. The van der Waals surface area contributed by atoms with Crippen LogP contribution in [0.2, 0.25) is 0 Å². The standard InChI is InChI=1S/C26H25N3O2/c1-18-16-22(23(17-27)20-8-4-3-5-9-20)13-15-29(18)26(30)19(2)31-24-12-6-10-21-11-7-14-28-25(21)24/h3-12,14,18-19H,13,15-16H2,1-2H3. The molecule has 5 heteroatoms. The second kappa shape index (κ2) is 9.01. The van der Waals surface area contributed by atoms with Gasteiger partial charge in [-0.3, -0.25) is 9.78 Å². The van der Waals surface area contributed by atoms with Crippen molar-refractivity contribution in [3.8, 4) is 11.8 Å². The minimum absolute atomic E-state index is 0.00000441. The Morgan fingerprint density at radius 3 is 2.68 bits per heavy atom. The first-order valence-electron chi connectivity index (χ1n) is 10.6. The largest absolute Gasteiger partial charge is 0.479 e. The number of para-hydroxylation sites is 1. The maximum atomic E-state index is 13.2. The van der Waals surface area contributed by atoms with Gasteiger partial charge in [0.25, 0.3) is 5.91 Å². The van der Waals surface area contributed by atoms with Crippen LogP contribution in [0.5, 0.6) is 5.75 Å². The molecule has 2 aromatic carbocycles. The highest BCUT2D eigenvalue weighted by atomic mass is 16.5. The van der Waals surface area contributed by atoms with E-state index in [1.807, 2.05) is 72.5 Å². The molecule has 0 N–H and O–H groups in total. The number of pyridine rings is 1. The van der Waals surface area contributed by atoms with Gasteiger partial charge in [0.15, 0.2) is 6.10 Å². The summed E-state index contributed by atoms with van der Waals surface area (Å²) < 4.78 is 6.04. The van der Waals surface area contributed by atoms with Gasteiger partial charge in [-0.1, -0.05) is 48.5 Å². The van der Waals surface area contributed by atoms with Crippen LogP contribution in [-0.2, 0) is 4.79 Å². The maximum Gasteiger partial charge on any atom is 0.263 e. The van der Waals surface area contributed by atoms with Crippen LogP contribution in [0.3, 0.4) is 0 Å². The Kier molecular flexibility index (Phi) is 5.99. The number of aromatic nitrogens is 1. The molecule has 0 spiro atoms. The van der Waals surface area contributed by atoms with E-state index in [4.69, 9.17) is 4.74 Å². The second-order valence-electron chi connectivity index (χ2n) is 7.88. The third kappa shape index (κ3) is 4.29. The minimum atomic E-state index is -0.620. The zero-order chi connectivity index (χ0) is 21.8. The first-order chi connectivity index (χ1) is 15.1. The fraction of sp³-hybridized carbons (Fsp3) is 0.269. The lowest BCUT2D eigenvalue weighted by molar-refractivity contribution is -0.140. The topological polar surface area (TPSA) is 66.2 Å². The number of likely N-dealkylation sites (tertiary alicyclic amines) is 1. The Morgan fingerprint density at radius 1 is 1.16 bits per heavy atom. The van der Waals surface area contributed by atoms with Crippen LogP contribution in [0, 0.1) is 11.3 Å². The number of nitriles is 1. The first-order valence-corrected chi connectivity index (χ1v) is 10.6. The van der Waals surface area contributed by atoms with Crippen molar-refractivity contribution in [2.24, 2.45) is 0 Å². The lowest BCUT2D eigenvalue weighted by Gasteiger charge is -2.36. The molecule has 1 aliphatic heterocycles. The number of ether oxygens (including phenoxy) is 1. The summed E-state index contributed by atoms with van der Waals surface area (Å²) in [4.78, 5) is 19.4. The molecule has 0 radical (unpaired) electrons. The van der Waals surface area contributed by atoms with Gasteiger partial charge in [-0.2, -0.15) is 5.26 Å². The van der Waals surface area contributed by atoms with E-state index < -0.39 is 6.10 Å². The average Bonchev–Trinajstić information content (AvgIpc) is 2.80. The van der Waals surface area contributed by atoms with Gasteiger partial charge in [-0.25, -0.2) is 0 Å². The van der Waals surface area contributed by atoms with E-state index in [1.54, 1.807) is 13.1 Å². The number of hydrogen-bond donors (Lipinski definition) is 0. The van der Waals surface area contributed by atoms with Crippen molar-refractivity contribution in [2.75, 3.05) is 6.54 Å². The molecule has 5 nitrogen and oxygen atoms in total. The van der Waals surface area contributed by atoms with Gasteiger partial charge >= 0.3 is 0 Å². The monoisotopic (exact) mass is 411 g/mol. The van der Waals surface area contributed by atoms with Crippen LogP contribution >= 0.6 is 0 Å². The molecule has 2 unspecified atom stereocenters. The number of benzene rings is 2. The summed E-state index contributed by atoms with van der Waals surface area (Å²) in [7, 11) is 0. The number of carbonyl (C=O) groups excluding carboxylic acids is 1. The fourth-order valence-electron chi connectivity index (χ4n) is 4.20. The molecule has 1 aromatic heterocycles. The average molecular weight is 412 g/mol. The van der Waals surface area contributed by atoms with Crippen molar-refractivity contribution in [3.63, 3.8) is 0 Å². The quantitative estimate of drug-likeness (QED) is 0.567. The summed E-state index contributed by atoms with van der Waals surface area (Å²) in [6, 6.07) is 21.7. The third-order valence-corrected chi connectivity index (χ3v) is 5.79. The maximum absolute atomic E-state index is 13.2. The zero-order valence-corrected chi connectivity index (χ0v) is 17.8. The molecule has 31 heavy (non-hydrogen) atoms. The van der Waals surface area contributed by atoms with E-state index in [0.29, 0.717) is 25.1 Å². The Morgan fingerprint density at radius 2 is 1.94 bits per heavy atom. The summed E-state index contributed by atoms with van der Waals surface area (Å²) in [5.74, 6) is 0.567. The van der Waals surface area contributed by atoms with Gasteiger partial charge in [-0.15, -0.1) is 0 Å². The predicted molar refractivity (Wildman–Crippen MR) is 121 cm³/mol. The smallest absolute Gasteiger partial charge is 0.263 e. The van der Waals surface area contributed by atoms with E-state index in [-0.39, 0.29) is 11.9 Å². The first kappa shape index (κ1) is 20.6. The number of nitrogens with zero attached hydrogens (tertiary/aromatic N) is 3. The van der Waals surface area contributed by atoms with Gasteiger partial charge in [0.1, 0.15) is 11.3 Å². The van der Waals surface area contributed by atoms with Crippen LogP contribution in [0.25, 0.3) is 16.5 Å². The fourth-order valence-corrected chi connectivity index (χ4v) is 4.20. The molecular formula is C26H25N3O2. The van der Waals surface area contributed by atoms with Crippen LogP contribution < -0.4 is 4.74 Å². The molecule has 3 aromatic rings. The molecule has 0 aliphatic carbocycles. The van der Waals surface area contributed by atoms with Gasteiger partial charge in [-0.05, 0) is 50.0 Å². The SMILES string of the molecule is CC(Oc1cccc2cccnc12)C(=O)N1CCC(=C(C#N)c2ccccc2)CC1C. The zero-order valence-electron chi connectivity index (χ0n) is 17.8. The Bertz CT molecular complexity index is 1160. The van der Waals surface area contributed by atoms with E-state index in [2.05, 4.69) is 11.1 Å². The van der Waals surface area contributed by atoms with Crippen LogP contribution in [0.1, 0.15) is 32.3 Å². The number of amides is 1. The summed E-state index contributed by atoms with van der Waals surface area (Å²) in [6.07, 6.45) is 2.48. The number of hydrogen-bond acceptors (Lipinski definition) is 4. The lowest BCUT2D eigenvalue weighted by Crippen LogP contribution is -2.48. The molecule has 0 bridgehead atoms. The molecule has 1 amide bonds. The molecule has 1 fully saturated rings. The Hall–Kier alpha value is -3.65. The van der Waals surface area contributed by atoms with Crippen molar-refractivity contribution in [1.29, 1.82) is 5.26 Å². The molecule has 2 atom stereocenters. The highest BCUT2D eigenvalue weighted by Crippen LogP contribution is 2.30. The molecule has 1 saturated heterocycles. The van der Waals surface area contributed by atoms with E-state index >= 15 is 0 Å². The number of piperidine rings is 1. The normalized spacial score (nSPS) is 18.9. The van der Waals surface area contributed by atoms with Crippen molar-refractivity contribution in [3.05, 3.63) is 78.0 Å². The second-order valence-corrected chi connectivity index (χ2v) is 7.88. The van der Waals surface area contributed by atoms with Crippen LogP contribution in [-0.4, -0.2) is 34.5 Å². The summed E-state index contributed by atoms with van der Waals surface area (Å²) >= 11 is 0. The van der Waals surface area contributed by atoms with E-state index in [1.165, 1.54) is 0 Å². The van der Waals surface area contributed by atoms with Crippen molar-refractivity contribution >= 4 is 22.4 Å². The summed E-state index contributed by atoms with van der Waals surface area (Å²) in [5.41, 5.74) is 3.53. The van der Waals surface area contributed by atoms with Crippen LogP contribution in [0.4, 0.5) is 0 Å². The predicted octanol–water partition coefficient (Wildman–Crippen LogP) is 4.99. The Balaban J connectivity index is 1.49. The third-order valence-electron chi connectivity index (χ3n) is 5.79. The molecule has 4 rings (SSSR count). The Labute approximate surface area is 182 Å². The lowest BCUT2D eigenvalue weighted by atomic mass is 9.90. The summed E-state index contributed by atoms with van der Waals surface area (Å²) in [6.45, 7) is 4.39. The van der Waals surface area contributed by atoms with Crippen molar-refractivity contribution in [1.82, 2.24) is 9.88 Å². The van der Waals surface area contributed by atoms with E-state index in [9.17, 15) is 10.1 Å². The molecule has 0 saturated carbocycles. The highest BCUT2D eigenvalue weighted by molar-refractivity contribution is 5.86. The highest BCUT2D eigenvalue weighted by Gasteiger charge is 2.31.